The van der Waals surface area contributed by atoms with Crippen LogP contribution in [0.1, 0.15) is 44.3 Å². The molecule has 0 aromatic carbocycles. The van der Waals surface area contributed by atoms with Crippen molar-refractivity contribution in [1.82, 2.24) is 19.9 Å². The first-order chi connectivity index (χ1) is 11.3. The lowest BCUT2D eigenvalue weighted by atomic mass is 10.2. The number of aliphatic imine (C=N–C) groups is 1. The van der Waals surface area contributed by atoms with Gasteiger partial charge in [-0.3, -0.25) is 4.99 Å². The summed E-state index contributed by atoms with van der Waals surface area (Å²) in [5, 5.41) is 9.25. The zero-order valence-electron chi connectivity index (χ0n) is 15.2. The van der Waals surface area contributed by atoms with Gasteiger partial charge in [0.15, 0.2) is 5.96 Å². The molecular weight excluding hydrogens is 346 g/mol. The summed E-state index contributed by atoms with van der Waals surface area (Å²) >= 11 is 1.61. The maximum Gasteiger partial charge on any atom is 0.215 e. The maximum absolute atomic E-state index is 12.1. The van der Waals surface area contributed by atoms with Gasteiger partial charge < -0.3 is 10.6 Å². The first-order valence-electron chi connectivity index (χ1n) is 8.20. The first kappa shape index (κ1) is 20.9. The number of sulfonamides is 1. The second kappa shape index (κ2) is 9.95. The van der Waals surface area contributed by atoms with Crippen LogP contribution in [0.2, 0.25) is 0 Å². The topological polar surface area (TPSA) is 86.7 Å². The zero-order chi connectivity index (χ0) is 18.2. The Morgan fingerprint density at radius 3 is 2.50 bits per heavy atom. The van der Waals surface area contributed by atoms with E-state index < -0.39 is 10.0 Å². The molecule has 0 amide bonds. The van der Waals surface area contributed by atoms with Gasteiger partial charge in [0.1, 0.15) is 5.01 Å². The van der Waals surface area contributed by atoms with Crippen molar-refractivity contribution in [3.63, 3.8) is 0 Å². The van der Waals surface area contributed by atoms with Crippen LogP contribution in [0.4, 0.5) is 0 Å². The second-order valence-electron chi connectivity index (χ2n) is 5.57. The average Bonchev–Trinajstić information content (AvgIpc) is 3.00. The Labute approximate surface area is 149 Å². The van der Waals surface area contributed by atoms with Crippen LogP contribution in [0, 0.1) is 0 Å². The van der Waals surface area contributed by atoms with Crippen LogP contribution in [-0.2, 0) is 16.6 Å². The molecule has 2 N–H and O–H groups in total. The summed E-state index contributed by atoms with van der Waals surface area (Å²) in [6.45, 7) is 9.78. The van der Waals surface area contributed by atoms with E-state index in [2.05, 4.69) is 39.8 Å². The van der Waals surface area contributed by atoms with Gasteiger partial charge in [0, 0.05) is 32.1 Å². The molecule has 138 valence electrons. The number of nitrogens with one attached hydrogen (secondary N) is 2. The van der Waals surface area contributed by atoms with Gasteiger partial charge >= 0.3 is 0 Å². The highest BCUT2D eigenvalue weighted by atomic mass is 32.2. The molecular formula is C15H29N5O2S2. The van der Waals surface area contributed by atoms with Gasteiger partial charge in [-0.25, -0.2) is 17.7 Å². The summed E-state index contributed by atoms with van der Waals surface area (Å²) in [6, 6.07) is 0. The van der Waals surface area contributed by atoms with Crippen LogP contribution in [0.15, 0.2) is 10.4 Å². The molecule has 0 bridgehead atoms. The van der Waals surface area contributed by atoms with Gasteiger partial charge in [-0.1, -0.05) is 27.7 Å². The van der Waals surface area contributed by atoms with E-state index in [1.54, 1.807) is 18.4 Å². The van der Waals surface area contributed by atoms with Gasteiger partial charge in [-0.2, -0.15) is 0 Å². The van der Waals surface area contributed by atoms with Crippen molar-refractivity contribution in [3.05, 3.63) is 16.1 Å². The van der Waals surface area contributed by atoms with Crippen molar-refractivity contribution in [2.45, 2.75) is 40.2 Å². The Morgan fingerprint density at radius 1 is 1.33 bits per heavy atom. The van der Waals surface area contributed by atoms with E-state index in [4.69, 9.17) is 0 Å². The summed E-state index contributed by atoms with van der Waals surface area (Å²) in [5.74, 6) is 1.04. The van der Waals surface area contributed by atoms with Crippen LogP contribution >= 0.6 is 11.3 Å². The van der Waals surface area contributed by atoms with E-state index in [1.807, 2.05) is 13.8 Å². The number of thiazole rings is 1. The lowest BCUT2D eigenvalue weighted by Gasteiger charge is -2.19. The molecule has 0 fully saturated rings. The molecule has 0 aliphatic rings. The number of nitrogens with zero attached hydrogens (tertiary/aromatic N) is 3. The minimum absolute atomic E-state index is 0.0458. The Balaban J connectivity index is 2.45. The zero-order valence-corrected chi connectivity index (χ0v) is 16.8. The third-order valence-corrected chi connectivity index (χ3v) is 6.43. The number of aromatic nitrogens is 1. The summed E-state index contributed by atoms with van der Waals surface area (Å²) in [5.41, 5.74) is 1.09. The van der Waals surface area contributed by atoms with E-state index >= 15 is 0 Å². The van der Waals surface area contributed by atoms with Crippen molar-refractivity contribution >= 4 is 27.3 Å². The van der Waals surface area contributed by atoms with Crippen molar-refractivity contribution in [3.8, 4) is 0 Å². The molecule has 1 aromatic rings. The fourth-order valence-corrected chi connectivity index (χ4v) is 4.40. The molecule has 0 saturated carbocycles. The number of hydrogen-bond donors (Lipinski definition) is 2. The maximum atomic E-state index is 12.1. The molecule has 7 nitrogen and oxygen atoms in total. The van der Waals surface area contributed by atoms with Crippen molar-refractivity contribution in [1.29, 1.82) is 0 Å². The van der Waals surface area contributed by atoms with Crippen LogP contribution in [-0.4, -0.2) is 56.1 Å². The molecule has 9 heteroatoms. The molecule has 1 aromatic heterocycles. The highest BCUT2D eigenvalue weighted by Gasteiger charge is 2.18. The monoisotopic (exact) mass is 375 g/mol. The van der Waals surface area contributed by atoms with Gasteiger partial charge in [0.2, 0.25) is 10.0 Å². The highest BCUT2D eigenvalue weighted by molar-refractivity contribution is 7.89. The third-order valence-electron chi connectivity index (χ3n) is 3.54. The number of hydrogen-bond acceptors (Lipinski definition) is 5. The molecule has 0 saturated heterocycles. The Kier molecular flexibility index (Phi) is 8.65. The van der Waals surface area contributed by atoms with E-state index in [0.29, 0.717) is 38.1 Å². The predicted octanol–water partition coefficient (Wildman–Crippen LogP) is 1.60. The average molecular weight is 376 g/mol. The summed E-state index contributed by atoms with van der Waals surface area (Å²) in [4.78, 5) is 8.66. The SMILES string of the molecule is CCN(CC)S(=O)(=O)CCNC(=NC)NCc1nc(C(C)C)cs1. The largest absolute Gasteiger partial charge is 0.355 e. The van der Waals surface area contributed by atoms with Crippen molar-refractivity contribution in [2.75, 3.05) is 32.4 Å². The predicted molar refractivity (Wildman–Crippen MR) is 101 cm³/mol. The fourth-order valence-electron chi connectivity index (χ4n) is 2.10. The van der Waals surface area contributed by atoms with Gasteiger partial charge in [-0.15, -0.1) is 11.3 Å². The Morgan fingerprint density at radius 2 is 2.00 bits per heavy atom. The molecule has 0 radical (unpaired) electrons. The normalized spacial score (nSPS) is 12.9. The molecule has 1 rings (SSSR count). The summed E-state index contributed by atoms with van der Waals surface area (Å²) in [6.07, 6.45) is 0. The molecule has 24 heavy (non-hydrogen) atoms. The summed E-state index contributed by atoms with van der Waals surface area (Å²) in [7, 11) is -1.56. The lowest BCUT2D eigenvalue weighted by molar-refractivity contribution is 0.445. The standard InChI is InChI=1S/C15H29N5O2S2/c1-6-20(7-2)24(21,22)9-8-17-15(16-5)18-10-14-19-13(11-23-14)12(3)4/h11-12H,6-10H2,1-5H3,(H2,16,17,18). The molecule has 0 spiro atoms. The smallest absolute Gasteiger partial charge is 0.215 e. The number of guanidine groups is 1. The van der Waals surface area contributed by atoms with Crippen LogP contribution in [0.25, 0.3) is 0 Å². The Bertz CT molecular complexity index is 622. The van der Waals surface area contributed by atoms with Crippen molar-refractivity contribution < 1.29 is 8.42 Å². The first-order valence-corrected chi connectivity index (χ1v) is 10.7. The summed E-state index contributed by atoms with van der Waals surface area (Å²) < 4.78 is 25.7. The van der Waals surface area contributed by atoms with Gasteiger partial charge in [-0.05, 0) is 5.92 Å². The van der Waals surface area contributed by atoms with Crippen LogP contribution in [0.3, 0.4) is 0 Å². The quantitative estimate of drug-likeness (QED) is 0.506. The second-order valence-corrected chi connectivity index (χ2v) is 8.60. The van der Waals surface area contributed by atoms with Crippen LogP contribution in [0.5, 0.6) is 0 Å². The van der Waals surface area contributed by atoms with Gasteiger partial charge in [0.05, 0.1) is 18.0 Å². The molecule has 0 aliphatic heterocycles. The Hall–Kier alpha value is -1.19. The minimum atomic E-state index is -3.22. The van der Waals surface area contributed by atoms with Crippen LogP contribution < -0.4 is 10.6 Å². The highest BCUT2D eigenvalue weighted by Crippen LogP contribution is 2.17. The van der Waals surface area contributed by atoms with E-state index in [0.717, 1.165) is 10.7 Å². The molecule has 1 heterocycles. The van der Waals surface area contributed by atoms with E-state index in [9.17, 15) is 8.42 Å². The third kappa shape index (κ3) is 6.37. The van der Waals surface area contributed by atoms with Gasteiger partial charge in [0.25, 0.3) is 0 Å². The minimum Gasteiger partial charge on any atom is -0.355 e. The van der Waals surface area contributed by atoms with E-state index in [-0.39, 0.29) is 5.75 Å². The number of rotatable bonds is 9. The molecule has 0 atom stereocenters. The van der Waals surface area contributed by atoms with E-state index in [1.165, 1.54) is 4.31 Å². The lowest BCUT2D eigenvalue weighted by Crippen LogP contribution is -2.41. The molecule has 0 aliphatic carbocycles. The fraction of sp³-hybridized carbons (Fsp3) is 0.733. The van der Waals surface area contributed by atoms with Crippen molar-refractivity contribution in [2.24, 2.45) is 4.99 Å². The molecule has 0 unspecified atom stereocenters.